The monoisotopic (exact) mass is 402 g/mol. The summed E-state index contributed by atoms with van der Waals surface area (Å²) < 4.78 is 6.33. The molecule has 1 unspecified atom stereocenters. The maximum Gasteiger partial charge on any atom is 0.328 e. The summed E-state index contributed by atoms with van der Waals surface area (Å²) in [5, 5.41) is 18.1. The highest BCUT2D eigenvalue weighted by molar-refractivity contribution is 5.96. The van der Waals surface area contributed by atoms with Crippen molar-refractivity contribution in [2.24, 2.45) is 5.92 Å². The molecule has 2 rings (SSSR count). The zero-order chi connectivity index (χ0) is 21.7. The predicted molar refractivity (Wildman–Crippen MR) is 107 cm³/mol. The van der Waals surface area contributed by atoms with Gasteiger partial charge in [-0.3, -0.25) is 19.6 Å². The van der Waals surface area contributed by atoms with Gasteiger partial charge in [0.2, 0.25) is 0 Å². The molecule has 1 aromatic carbocycles. The van der Waals surface area contributed by atoms with Crippen LogP contribution in [0.4, 0.5) is 5.69 Å². The first-order chi connectivity index (χ1) is 13.6. The van der Waals surface area contributed by atoms with Crippen LogP contribution in [0.15, 0.2) is 24.3 Å². The molecule has 9 heteroatoms. The van der Waals surface area contributed by atoms with Crippen molar-refractivity contribution in [3.05, 3.63) is 56.9 Å². The SMILES string of the molecule is COC(=O)C(CC(C)C)NC(=O)c1ccc(Cn2nc(C)c([N+](=O)[O-])c2C)cc1. The lowest BCUT2D eigenvalue weighted by atomic mass is 10.0. The van der Waals surface area contributed by atoms with E-state index in [1.807, 2.05) is 13.8 Å². The molecule has 0 spiro atoms. The number of amides is 1. The van der Waals surface area contributed by atoms with Crippen LogP contribution in [0, 0.1) is 29.9 Å². The summed E-state index contributed by atoms with van der Waals surface area (Å²) in [6, 6.07) is 6.10. The number of hydrogen-bond donors (Lipinski definition) is 1. The Kier molecular flexibility index (Phi) is 7.08. The summed E-state index contributed by atoms with van der Waals surface area (Å²) in [4.78, 5) is 35.1. The van der Waals surface area contributed by atoms with Crippen molar-refractivity contribution >= 4 is 17.6 Å². The number of nitrogens with zero attached hydrogens (tertiary/aromatic N) is 3. The molecule has 1 N–H and O–H groups in total. The Morgan fingerprint density at radius 2 is 1.86 bits per heavy atom. The summed E-state index contributed by atoms with van der Waals surface area (Å²) >= 11 is 0. The zero-order valence-corrected chi connectivity index (χ0v) is 17.3. The molecule has 0 aliphatic heterocycles. The van der Waals surface area contributed by atoms with Crippen LogP contribution in [0.1, 0.15) is 47.6 Å². The molecular weight excluding hydrogens is 376 g/mol. The second-order valence-corrected chi connectivity index (χ2v) is 7.31. The van der Waals surface area contributed by atoms with Gasteiger partial charge in [-0.25, -0.2) is 4.79 Å². The summed E-state index contributed by atoms with van der Waals surface area (Å²) in [6.45, 7) is 7.52. The lowest BCUT2D eigenvalue weighted by Gasteiger charge is -2.18. The van der Waals surface area contributed by atoms with Gasteiger partial charge in [0.25, 0.3) is 5.91 Å². The number of aryl methyl sites for hydroxylation is 1. The van der Waals surface area contributed by atoms with Gasteiger partial charge in [0.1, 0.15) is 17.4 Å². The Labute approximate surface area is 169 Å². The number of carbonyl (C=O) groups excluding carboxylic acids is 2. The van der Waals surface area contributed by atoms with E-state index in [9.17, 15) is 19.7 Å². The molecule has 2 aromatic rings. The third-order valence-electron chi connectivity index (χ3n) is 4.57. The van der Waals surface area contributed by atoms with Gasteiger partial charge in [-0.15, -0.1) is 0 Å². The van der Waals surface area contributed by atoms with E-state index in [4.69, 9.17) is 4.74 Å². The first-order valence-corrected chi connectivity index (χ1v) is 9.30. The maximum absolute atomic E-state index is 12.5. The van der Waals surface area contributed by atoms with Crippen molar-refractivity contribution in [3.8, 4) is 0 Å². The van der Waals surface area contributed by atoms with Crippen molar-refractivity contribution in [1.82, 2.24) is 15.1 Å². The fourth-order valence-corrected chi connectivity index (χ4v) is 3.11. The first kappa shape index (κ1) is 22.1. The van der Waals surface area contributed by atoms with Gasteiger partial charge in [-0.1, -0.05) is 26.0 Å². The highest BCUT2D eigenvalue weighted by atomic mass is 16.6. The summed E-state index contributed by atoms with van der Waals surface area (Å²) in [5.74, 6) is -0.629. The van der Waals surface area contributed by atoms with Gasteiger partial charge in [0.05, 0.1) is 18.6 Å². The molecule has 156 valence electrons. The number of nitrogens with one attached hydrogen (secondary N) is 1. The van der Waals surface area contributed by atoms with E-state index in [1.54, 1.807) is 42.8 Å². The average molecular weight is 402 g/mol. The molecule has 29 heavy (non-hydrogen) atoms. The molecule has 0 aliphatic carbocycles. The van der Waals surface area contributed by atoms with Crippen LogP contribution >= 0.6 is 0 Å². The van der Waals surface area contributed by atoms with E-state index in [-0.39, 0.29) is 17.5 Å². The van der Waals surface area contributed by atoms with E-state index in [0.717, 1.165) is 5.56 Å². The Morgan fingerprint density at radius 1 is 1.24 bits per heavy atom. The van der Waals surface area contributed by atoms with Crippen molar-refractivity contribution in [2.45, 2.75) is 46.7 Å². The Morgan fingerprint density at radius 3 is 2.34 bits per heavy atom. The number of methoxy groups -OCH3 is 1. The van der Waals surface area contributed by atoms with Crippen molar-refractivity contribution in [2.75, 3.05) is 7.11 Å². The highest BCUT2D eigenvalue weighted by Gasteiger charge is 2.24. The van der Waals surface area contributed by atoms with Crippen molar-refractivity contribution < 1.29 is 19.2 Å². The molecule has 0 saturated carbocycles. The van der Waals surface area contributed by atoms with Crippen LogP contribution in [-0.2, 0) is 16.1 Å². The summed E-state index contributed by atoms with van der Waals surface area (Å²) in [6.07, 6.45) is 0.479. The van der Waals surface area contributed by atoms with Crippen molar-refractivity contribution in [3.63, 3.8) is 0 Å². The molecular formula is C20H26N4O5. The molecule has 1 atom stereocenters. The maximum atomic E-state index is 12.5. The second-order valence-electron chi connectivity index (χ2n) is 7.31. The van der Waals surface area contributed by atoms with Crippen LogP contribution < -0.4 is 5.32 Å². The zero-order valence-electron chi connectivity index (χ0n) is 17.3. The van der Waals surface area contributed by atoms with Crippen LogP contribution in [0.3, 0.4) is 0 Å². The molecule has 1 amide bonds. The first-order valence-electron chi connectivity index (χ1n) is 9.30. The number of hydrogen-bond acceptors (Lipinski definition) is 6. The summed E-state index contributed by atoms with van der Waals surface area (Å²) in [7, 11) is 1.29. The van der Waals surface area contributed by atoms with E-state index in [2.05, 4.69) is 10.4 Å². The third-order valence-corrected chi connectivity index (χ3v) is 4.57. The van der Waals surface area contributed by atoms with Gasteiger partial charge >= 0.3 is 11.7 Å². The fourth-order valence-electron chi connectivity index (χ4n) is 3.11. The lowest BCUT2D eigenvalue weighted by molar-refractivity contribution is -0.386. The molecule has 0 radical (unpaired) electrons. The fraction of sp³-hybridized carbons (Fsp3) is 0.450. The number of aromatic nitrogens is 2. The van der Waals surface area contributed by atoms with E-state index >= 15 is 0 Å². The number of nitro groups is 1. The number of ether oxygens (including phenoxy) is 1. The average Bonchev–Trinajstić information content (AvgIpc) is 2.93. The van der Waals surface area contributed by atoms with Crippen LogP contribution in [-0.4, -0.2) is 39.7 Å². The number of carbonyl (C=O) groups is 2. The molecule has 1 heterocycles. The smallest absolute Gasteiger partial charge is 0.328 e. The highest BCUT2D eigenvalue weighted by Crippen LogP contribution is 2.22. The van der Waals surface area contributed by atoms with Gasteiger partial charge in [0, 0.05) is 5.56 Å². The number of benzene rings is 1. The normalized spacial score (nSPS) is 11.9. The standard InChI is InChI=1S/C20H26N4O5/c1-12(2)10-17(20(26)29-5)21-19(25)16-8-6-15(7-9-16)11-23-14(4)18(24(27)28)13(3)22-23/h6-9,12,17H,10-11H2,1-5H3,(H,21,25). The molecule has 1 aromatic heterocycles. The number of esters is 1. The lowest BCUT2D eigenvalue weighted by Crippen LogP contribution is -2.42. The minimum atomic E-state index is -0.706. The van der Waals surface area contributed by atoms with Crippen molar-refractivity contribution in [1.29, 1.82) is 0 Å². The van der Waals surface area contributed by atoms with E-state index in [1.165, 1.54) is 7.11 Å². The Balaban J connectivity index is 2.11. The molecule has 0 fully saturated rings. The predicted octanol–water partition coefficient (Wildman–Crippen LogP) is 2.77. The van der Waals surface area contributed by atoms with Crippen LogP contribution in [0.25, 0.3) is 0 Å². The van der Waals surface area contributed by atoms with Gasteiger partial charge < -0.3 is 10.1 Å². The minimum Gasteiger partial charge on any atom is -0.467 e. The molecule has 0 aliphatic rings. The van der Waals surface area contributed by atoms with Crippen LogP contribution in [0.5, 0.6) is 0 Å². The van der Waals surface area contributed by atoms with Gasteiger partial charge in [0.15, 0.2) is 0 Å². The molecule has 9 nitrogen and oxygen atoms in total. The summed E-state index contributed by atoms with van der Waals surface area (Å²) in [5.41, 5.74) is 2.10. The Hall–Kier alpha value is -3.23. The quantitative estimate of drug-likeness (QED) is 0.412. The second kappa shape index (κ2) is 9.31. The third kappa shape index (κ3) is 5.40. The van der Waals surface area contributed by atoms with Gasteiger partial charge in [-0.2, -0.15) is 5.10 Å². The largest absolute Gasteiger partial charge is 0.467 e. The minimum absolute atomic E-state index is 0.0139. The number of rotatable bonds is 8. The van der Waals surface area contributed by atoms with E-state index < -0.39 is 16.9 Å². The van der Waals surface area contributed by atoms with Gasteiger partial charge in [-0.05, 0) is 43.9 Å². The van der Waals surface area contributed by atoms with E-state index in [0.29, 0.717) is 29.9 Å². The molecule has 0 saturated heterocycles. The Bertz CT molecular complexity index is 902. The molecule has 0 bridgehead atoms. The van der Waals surface area contributed by atoms with Crippen LogP contribution in [0.2, 0.25) is 0 Å². The topological polar surface area (TPSA) is 116 Å².